The number of aromatic nitrogens is 1. The zero-order chi connectivity index (χ0) is 14.7. The molecule has 4 nitrogen and oxygen atoms in total. The minimum Gasteiger partial charge on any atom is -0.497 e. The summed E-state index contributed by atoms with van der Waals surface area (Å²) in [5.41, 5.74) is 2.41. The van der Waals surface area contributed by atoms with E-state index in [1.54, 1.807) is 7.11 Å². The molecule has 0 aliphatic heterocycles. The lowest BCUT2D eigenvalue weighted by Crippen LogP contribution is -2.00. The molecule has 0 saturated heterocycles. The van der Waals surface area contributed by atoms with Gasteiger partial charge in [0, 0.05) is 5.75 Å². The summed E-state index contributed by atoms with van der Waals surface area (Å²) in [4.78, 5) is 4.37. The highest BCUT2D eigenvalue weighted by Crippen LogP contribution is 2.28. The third-order valence-corrected chi connectivity index (χ3v) is 4.02. The topological polar surface area (TPSA) is 55.5 Å². The van der Waals surface area contributed by atoms with Crippen molar-refractivity contribution in [2.75, 3.05) is 12.9 Å². The first kappa shape index (κ1) is 14.0. The Morgan fingerprint density at radius 1 is 1.24 bits per heavy atom. The number of oxazole rings is 1. The second-order valence-electron chi connectivity index (χ2n) is 4.55. The SMILES string of the molecule is COc1cccc(C(O)CSc2nc3ccccc3o2)c1. The first-order chi connectivity index (χ1) is 10.3. The minimum atomic E-state index is -0.597. The Morgan fingerprint density at radius 2 is 2.10 bits per heavy atom. The fourth-order valence-electron chi connectivity index (χ4n) is 2.01. The number of fused-ring (bicyclic) bond motifs is 1. The third-order valence-electron chi connectivity index (χ3n) is 3.12. The number of thioether (sulfide) groups is 1. The quantitative estimate of drug-likeness (QED) is 0.729. The van der Waals surface area contributed by atoms with E-state index in [-0.39, 0.29) is 0 Å². The molecule has 0 bridgehead atoms. The van der Waals surface area contributed by atoms with E-state index >= 15 is 0 Å². The average Bonchev–Trinajstić information content (AvgIpc) is 2.95. The molecule has 0 radical (unpaired) electrons. The lowest BCUT2D eigenvalue weighted by atomic mass is 10.1. The van der Waals surface area contributed by atoms with Gasteiger partial charge in [0.05, 0.1) is 13.2 Å². The van der Waals surface area contributed by atoms with Crippen LogP contribution in [0.1, 0.15) is 11.7 Å². The molecule has 0 fully saturated rings. The molecule has 1 heterocycles. The number of ether oxygens (including phenoxy) is 1. The van der Waals surface area contributed by atoms with E-state index in [4.69, 9.17) is 9.15 Å². The van der Waals surface area contributed by atoms with Gasteiger partial charge in [-0.2, -0.15) is 0 Å². The second-order valence-corrected chi connectivity index (χ2v) is 5.52. The van der Waals surface area contributed by atoms with Crippen LogP contribution in [0.4, 0.5) is 0 Å². The number of aliphatic hydroxyl groups excluding tert-OH is 1. The summed E-state index contributed by atoms with van der Waals surface area (Å²) in [5, 5.41) is 10.8. The van der Waals surface area contributed by atoms with Crippen LogP contribution in [0.2, 0.25) is 0 Å². The van der Waals surface area contributed by atoms with Crippen LogP contribution in [-0.2, 0) is 0 Å². The molecule has 1 atom stereocenters. The summed E-state index contributed by atoms with van der Waals surface area (Å²) in [6.07, 6.45) is -0.597. The Balaban J connectivity index is 1.68. The normalized spacial score (nSPS) is 12.5. The molecule has 0 spiro atoms. The van der Waals surface area contributed by atoms with Crippen LogP contribution in [0, 0.1) is 0 Å². The van der Waals surface area contributed by atoms with Gasteiger partial charge in [0.25, 0.3) is 5.22 Å². The number of hydrogen-bond acceptors (Lipinski definition) is 5. The molecule has 0 aliphatic rings. The van der Waals surface area contributed by atoms with Gasteiger partial charge < -0.3 is 14.3 Å². The van der Waals surface area contributed by atoms with Gasteiger partial charge in [0.15, 0.2) is 5.58 Å². The van der Waals surface area contributed by atoms with Crippen LogP contribution in [0.15, 0.2) is 58.2 Å². The summed E-state index contributed by atoms with van der Waals surface area (Å²) in [5.74, 6) is 1.21. The fourth-order valence-corrected chi connectivity index (χ4v) is 2.81. The molecule has 21 heavy (non-hydrogen) atoms. The molecule has 5 heteroatoms. The van der Waals surface area contributed by atoms with Gasteiger partial charge in [-0.05, 0) is 29.8 Å². The minimum absolute atomic E-state index is 0.472. The van der Waals surface area contributed by atoms with Crippen LogP contribution in [-0.4, -0.2) is 23.0 Å². The van der Waals surface area contributed by atoms with E-state index in [1.165, 1.54) is 11.8 Å². The zero-order valence-corrected chi connectivity index (χ0v) is 12.3. The van der Waals surface area contributed by atoms with Crippen LogP contribution < -0.4 is 4.74 Å². The van der Waals surface area contributed by atoms with E-state index in [2.05, 4.69) is 4.98 Å². The van der Waals surface area contributed by atoms with Gasteiger partial charge in [0.2, 0.25) is 0 Å². The van der Waals surface area contributed by atoms with E-state index in [0.29, 0.717) is 11.0 Å². The van der Waals surface area contributed by atoms with Gasteiger partial charge in [0.1, 0.15) is 11.3 Å². The highest BCUT2D eigenvalue weighted by atomic mass is 32.2. The van der Waals surface area contributed by atoms with Crippen molar-refractivity contribution in [3.8, 4) is 5.75 Å². The van der Waals surface area contributed by atoms with Crippen molar-refractivity contribution in [2.24, 2.45) is 0 Å². The summed E-state index contributed by atoms with van der Waals surface area (Å²) in [6.45, 7) is 0. The zero-order valence-electron chi connectivity index (χ0n) is 11.5. The molecule has 0 saturated carbocycles. The lowest BCUT2D eigenvalue weighted by molar-refractivity contribution is 0.203. The summed E-state index contributed by atoms with van der Waals surface area (Å²) in [7, 11) is 1.61. The van der Waals surface area contributed by atoms with Crippen LogP contribution in [0.25, 0.3) is 11.1 Å². The molecular formula is C16H15NO3S. The van der Waals surface area contributed by atoms with Crippen molar-refractivity contribution in [2.45, 2.75) is 11.3 Å². The predicted molar refractivity (Wildman–Crippen MR) is 82.7 cm³/mol. The van der Waals surface area contributed by atoms with Crippen LogP contribution in [0.5, 0.6) is 5.75 Å². The number of para-hydroxylation sites is 2. The molecule has 3 rings (SSSR count). The molecule has 1 N–H and O–H groups in total. The maximum atomic E-state index is 10.2. The second kappa shape index (κ2) is 6.20. The Hall–Kier alpha value is -1.98. The Bertz CT molecular complexity index is 708. The van der Waals surface area contributed by atoms with E-state index in [0.717, 1.165) is 22.4 Å². The van der Waals surface area contributed by atoms with Crippen molar-refractivity contribution >= 4 is 22.9 Å². The standard InChI is InChI=1S/C16H15NO3S/c1-19-12-6-4-5-11(9-12)14(18)10-21-16-17-13-7-2-3-8-15(13)20-16/h2-9,14,18H,10H2,1H3. The van der Waals surface area contributed by atoms with Gasteiger partial charge in [-0.3, -0.25) is 0 Å². The highest BCUT2D eigenvalue weighted by molar-refractivity contribution is 7.99. The van der Waals surface area contributed by atoms with E-state index < -0.39 is 6.10 Å². The summed E-state index contributed by atoms with van der Waals surface area (Å²) >= 11 is 1.39. The van der Waals surface area contributed by atoms with Crippen LogP contribution in [0.3, 0.4) is 0 Å². The number of aliphatic hydroxyl groups is 1. The van der Waals surface area contributed by atoms with Crippen molar-refractivity contribution in [3.63, 3.8) is 0 Å². The molecule has 1 aromatic heterocycles. The van der Waals surface area contributed by atoms with Gasteiger partial charge in [-0.15, -0.1) is 0 Å². The van der Waals surface area contributed by atoms with Gasteiger partial charge >= 0.3 is 0 Å². The highest BCUT2D eigenvalue weighted by Gasteiger charge is 2.12. The third kappa shape index (κ3) is 3.20. The lowest BCUT2D eigenvalue weighted by Gasteiger charge is -2.10. The maximum absolute atomic E-state index is 10.2. The molecule has 108 valence electrons. The van der Waals surface area contributed by atoms with Crippen LogP contribution >= 0.6 is 11.8 Å². The number of benzene rings is 2. The smallest absolute Gasteiger partial charge is 0.256 e. The van der Waals surface area contributed by atoms with Crippen molar-refractivity contribution < 1.29 is 14.3 Å². The Kier molecular flexibility index (Phi) is 4.13. The predicted octanol–water partition coefficient (Wildman–Crippen LogP) is 3.66. The Morgan fingerprint density at radius 3 is 2.90 bits per heavy atom. The summed E-state index contributed by atoms with van der Waals surface area (Å²) < 4.78 is 10.8. The van der Waals surface area contributed by atoms with Gasteiger partial charge in [-0.25, -0.2) is 4.98 Å². The molecule has 0 amide bonds. The summed E-state index contributed by atoms with van der Waals surface area (Å²) in [6, 6.07) is 15.0. The first-order valence-electron chi connectivity index (χ1n) is 6.56. The van der Waals surface area contributed by atoms with E-state index in [9.17, 15) is 5.11 Å². The van der Waals surface area contributed by atoms with Crippen molar-refractivity contribution in [1.82, 2.24) is 4.98 Å². The van der Waals surface area contributed by atoms with Crippen molar-refractivity contribution in [1.29, 1.82) is 0 Å². The Labute approximate surface area is 126 Å². The number of nitrogens with zero attached hydrogens (tertiary/aromatic N) is 1. The number of methoxy groups -OCH3 is 1. The maximum Gasteiger partial charge on any atom is 0.256 e. The average molecular weight is 301 g/mol. The number of rotatable bonds is 5. The fraction of sp³-hybridized carbons (Fsp3) is 0.188. The van der Waals surface area contributed by atoms with Crippen molar-refractivity contribution in [3.05, 3.63) is 54.1 Å². The number of hydrogen-bond donors (Lipinski definition) is 1. The molecule has 1 unspecified atom stereocenters. The molecular weight excluding hydrogens is 286 g/mol. The first-order valence-corrected chi connectivity index (χ1v) is 7.55. The largest absolute Gasteiger partial charge is 0.497 e. The molecule has 2 aromatic carbocycles. The molecule has 3 aromatic rings. The molecule has 0 aliphatic carbocycles. The monoisotopic (exact) mass is 301 g/mol. The van der Waals surface area contributed by atoms with Gasteiger partial charge in [-0.1, -0.05) is 36.0 Å². The van der Waals surface area contributed by atoms with E-state index in [1.807, 2.05) is 48.5 Å².